The average molecular weight is 257 g/mol. The molecule has 0 bridgehead atoms. The van der Waals surface area contributed by atoms with Crippen molar-refractivity contribution >= 4 is 0 Å². The molecule has 3 heteroatoms. The number of benzene rings is 2. The molecule has 0 saturated heterocycles. The van der Waals surface area contributed by atoms with E-state index in [2.05, 4.69) is 11.4 Å². The number of nitrogens with one attached hydrogen (secondary N) is 1. The van der Waals surface area contributed by atoms with Crippen molar-refractivity contribution in [2.45, 2.75) is 12.5 Å². The van der Waals surface area contributed by atoms with Crippen LogP contribution >= 0.6 is 0 Å². The Kier molecular flexibility index (Phi) is 3.22. The highest BCUT2D eigenvalue weighted by Gasteiger charge is 2.25. The second kappa shape index (κ2) is 5.02. The van der Waals surface area contributed by atoms with E-state index in [1.165, 1.54) is 6.07 Å². The summed E-state index contributed by atoms with van der Waals surface area (Å²) < 4.78 is 19.9. The lowest BCUT2D eigenvalue weighted by molar-refractivity contribution is 0.232. The van der Waals surface area contributed by atoms with Crippen molar-refractivity contribution in [2.24, 2.45) is 0 Å². The van der Waals surface area contributed by atoms with Gasteiger partial charge in [0.15, 0.2) is 0 Å². The Bertz CT molecular complexity index is 597. The zero-order valence-corrected chi connectivity index (χ0v) is 10.8. The summed E-state index contributed by atoms with van der Waals surface area (Å²) in [6.45, 7) is 0.797. The summed E-state index contributed by atoms with van der Waals surface area (Å²) in [5, 5.41) is 3.12. The number of halogens is 1. The van der Waals surface area contributed by atoms with Gasteiger partial charge in [-0.25, -0.2) is 4.39 Å². The van der Waals surface area contributed by atoms with Crippen molar-refractivity contribution in [3.05, 3.63) is 53.8 Å². The lowest BCUT2D eigenvalue weighted by atomic mass is 10.0. The zero-order valence-electron chi connectivity index (χ0n) is 10.8. The quantitative estimate of drug-likeness (QED) is 0.912. The Balaban J connectivity index is 2.03. The molecule has 1 aliphatic heterocycles. The number of likely N-dealkylation sites (N-methyl/N-ethyl adjacent to an activating group) is 1. The van der Waals surface area contributed by atoms with Gasteiger partial charge in [0.25, 0.3) is 0 Å². The molecule has 3 rings (SSSR count). The first-order valence-electron chi connectivity index (χ1n) is 6.47. The molecule has 1 atom stereocenters. The van der Waals surface area contributed by atoms with Gasteiger partial charge in [0.1, 0.15) is 17.7 Å². The van der Waals surface area contributed by atoms with E-state index < -0.39 is 0 Å². The SMILES string of the molecule is CNCC1Cc2cccc(-c3ccccc3F)c2O1. The molecule has 0 aromatic heterocycles. The highest BCUT2D eigenvalue weighted by Crippen LogP contribution is 2.39. The molecule has 0 radical (unpaired) electrons. The van der Waals surface area contributed by atoms with Crippen molar-refractivity contribution in [3.63, 3.8) is 0 Å². The average Bonchev–Trinajstić information content (AvgIpc) is 2.82. The molecule has 0 spiro atoms. The van der Waals surface area contributed by atoms with Gasteiger partial charge in [0.2, 0.25) is 0 Å². The molecule has 19 heavy (non-hydrogen) atoms. The van der Waals surface area contributed by atoms with Crippen LogP contribution in [0.3, 0.4) is 0 Å². The van der Waals surface area contributed by atoms with E-state index in [4.69, 9.17) is 4.74 Å². The van der Waals surface area contributed by atoms with Crippen LogP contribution in [0.4, 0.5) is 4.39 Å². The van der Waals surface area contributed by atoms with Crippen LogP contribution in [-0.2, 0) is 6.42 Å². The maximum Gasteiger partial charge on any atom is 0.131 e. The molecule has 2 nitrogen and oxygen atoms in total. The van der Waals surface area contributed by atoms with Gasteiger partial charge in [0, 0.05) is 24.1 Å². The lowest BCUT2D eigenvalue weighted by Gasteiger charge is -2.12. The van der Waals surface area contributed by atoms with Crippen LogP contribution in [0.1, 0.15) is 5.56 Å². The molecule has 2 aromatic carbocycles. The number of rotatable bonds is 3. The van der Waals surface area contributed by atoms with Gasteiger partial charge in [-0.15, -0.1) is 0 Å². The fraction of sp³-hybridized carbons (Fsp3) is 0.250. The second-order valence-electron chi connectivity index (χ2n) is 4.78. The highest BCUT2D eigenvalue weighted by atomic mass is 19.1. The summed E-state index contributed by atoms with van der Waals surface area (Å²) >= 11 is 0. The molecule has 1 aliphatic rings. The van der Waals surface area contributed by atoms with E-state index >= 15 is 0 Å². The van der Waals surface area contributed by atoms with Crippen LogP contribution in [0.25, 0.3) is 11.1 Å². The van der Waals surface area contributed by atoms with Gasteiger partial charge in [-0.05, 0) is 18.7 Å². The maximum atomic E-state index is 13.9. The number of hydrogen-bond acceptors (Lipinski definition) is 2. The predicted octanol–water partition coefficient (Wildman–Crippen LogP) is 3.02. The van der Waals surface area contributed by atoms with E-state index in [1.807, 2.05) is 25.2 Å². The van der Waals surface area contributed by atoms with Crippen molar-refractivity contribution < 1.29 is 9.13 Å². The van der Waals surface area contributed by atoms with Gasteiger partial charge in [-0.3, -0.25) is 0 Å². The smallest absolute Gasteiger partial charge is 0.131 e. The van der Waals surface area contributed by atoms with Crippen molar-refractivity contribution in [3.8, 4) is 16.9 Å². The Labute approximate surface area is 112 Å². The monoisotopic (exact) mass is 257 g/mol. The number of ether oxygens (including phenoxy) is 1. The summed E-state index contributed by atoms with van der Waals surface area (Å²) in [7, 11) is 1.91. The first kappa shape index (κ1) is 12.2. The Morgan fingerprint density at radius 3 is 2.74 bits per heavy atom. The van der Waals surface area contributed by atoms with Crippen molar-refractivity contribution in [1.29, 1.82) is 0 Å². The Morgan fingerprint density at radius 2 is 1.95 bits per heavy atom. The largest absolute Gasteiger partial charge is 0.488 e. The predicted molar refractivity (Wildman–Crippen MR) is 73.9 cm³/mol. The molecule has 1 N–H and O–H groups in total. The van der Waals surface area contributed by atoms with Crippen LogP contribution in [0.15, 0.2) is 42.5 Å². The summed E-state index contributed by atoms with van der Waals surface area (Å²) in [6.07, 6.45) is 1.01. The molecular weight excluding hydrogens is 241 g/mol. The summed E-state index contributed by atoms with van der Waals surface area (Å²) in [4.78, 5) is 0. The molecule has 0 aliphatic carbocycles. The van der Waals surface area contributed by atoms with Gasteiger partial charge in [-0.1, -0.05) is 36.4 Å². The van der Waals surface area contributed by atoms with Gasteiger partial charge in [-0.2, -0.15) is 0 Å². The summed E-state index contributed by atoms with van der Waals surface area (Å²) in [6, 6.07) is 12.7. The van der Waals surface area contributed by atoms with Crippen LogP contribution in [0.2, 0.25) is 0 Å². The number of hydrogen-bond donors (Lipinski definition) is 1. The van der Waals surface area contributed by atoms with Crippen molar-refractivity contribution in [2.75, 3.05) is 13.6 Å². The van der Waals surface area contributed by atoms with E-state index in [1.54, 1.807) is 12.1 Å². The maximum absolute atomic E-state index is 13.9. The number of para-hydroxylation sites is 1. The van der Waals surface area contributed by atoms with E-state index in [-0.39, 0.29) is 11.9 Å². The third-order valence-corrected chi connectivity index (χ3v) is 3.42. The minimum atomic E-state index is -0.212. The minimum Gasteiger partial charge on any atom is -0.488 e. The van der Waals surface area contributed by atoms with E-state index in [9.17, 15) is 4.39 Å². The molecule has 2 aromatic rings. The highest BCUT2D eigenvalue weighted by molar-refractivity contribution is 5.73. The van der Waals surface area contributed by atoms with Crippen LogP contribution < -0.4 is 10.1 Å². The first-order chi connectivity index (χ1) is 9.29. The fourth-order valence-electron chi connectivity index (χ4n) is 2.57. The molecular formula is C16H16FNO. The minimum absolute atomic E-state index is 0.132. The normalized spacial score (nSPS) is 17.1. The molecule has 1 unspecified atom stereocenters. The molecule has 1 heterocycles. The first-order valence-corrected chi connectivity index (χ1v) is 6.47. The standard InChI is InChI=1S/C16H16FNO/c1-18-10-12-9-11-5-4-7-14(16(11)19-12)13-6-2-3-8-15(13)17/h2-8,12,18H,9-10H2,1H3. The molecule has 98 valence electrons. The topological polar surface area (TPSA) is 21.3 Å². The lowest BCUT2D eigenvalue weighted by Crippen LogP contribution is -2.27. The number of fused-ring (bicyclic) bond motifs is 1. The van der Waals surface area contributed by atoms with E-state index in [0.29, 0.717) is 5.56 Å². The summed E-state index contributed by atoms with van der Waals surface area (Å²) in [5.41, 5.74) is 2.60. The van der Waals surface area contributed by atoms with Gasteiger partial charge < -0.3 is 10.1 Å². The third kappa shape index (κ3) is 2.22. The summed E-state index contributed by atoms with van der Waals surface area (Å²) in [5.74, 6) is 0.615. The van der Waals surface area contributed by atoms with Crippen molar-refractivity contribution in [1.82, 2.24) is 5.32 Å². The van der Waals surface area contributed by atoms with Crippen LogP contribution in [-0.4, -0.2) is 19.7 Å². The fourth-order valence-corrected chi connectivity index (χ4v) is 2.57. The molecule has 0 fully saturated rings. The Hall–Kier alpha value is -1.87. The van der Waals surface area contributed by atoms with Gasteiger partial charge in [0.05, 0.1) is 0 Å². The molecule has 0 saturated carbocycles. The zero-order chi connectivity index (χ0) is 13.2. The second-order valence-corrected chi connectivity index (χ2v) is 4.78. The van der Waals surface area contributed by atoms with Gasteiger partial charge >= 0.3 is 0 Å². The van der Waals surface area contributed by atoms with E-state index in [0.717, 1.165) is 29.8 Å². The van der Waals surface area contributed by atoms with Crippen LogP contribution in [0, 0.1) is 5.82 Å². The van der Waals surface area contributed by atoms with Crippen LogP contribution in [0.5, 0.6) is 5.75 Å². The molecule has 0 amide bonds. The third-order valence-electron chi connectivity index (χ3n) is 3.42. The Morgan fingerprint density at radius 1 is 1.16 bits per heavy atom.